The van der Waals surface area contributed by atoms with Gasteiger partial charge in [-0.3, -0.25) is 9.79 Å². The molecule has 5 nitrogen and oxygen atoms in total. The zero-order valence-electron chi connectivity index (χ0n) is 16.3. The van der Waals surface area contributed by atoms with E-state index < -0.39 is 0 Å². The topological polar surface area (TPSA) is 56.7 Å². The van der Waals surface area contributed by atoms with Crippen molar-refractivity contribution in [1.29, 1.82) is 0 Å². The largest absolute Gasteiger partial charge is 0.356 e. The first kappa shape index (κ1) is 18.7. The highest BCUT2D eigenvalue weighted by Crippen LogP contribution is 2.46. The van der Waals surface area contributed by atoms with Crippen LogP contribution in [0.5, 0.6) is 0 Å². The lowest BCUT2D eigenvalue weighted by molar-refractivity contribution is -0.138. The highest BCUT2D eigenvalue weighted by Gasteiger charge is 2.42. The molecule has 0 radical (unpaired) electrons. The van der Waals surface area contributed by atoms with E-state index in [1.165, 1.54) is 12.0 Å². The van der Waals surface area contributed by atoms with E-state index in [0.717, 1.165) is 38.2 Å². The minimum absolute atomic E-state index is 0.240. The summed E-state index contributed by atoms with van der Waals surface area (Å²) >= 11 is 0. The average molecular weight is 357 g/mol. The summed E-state index contributed by atoms with van der Waals surface area (Å²) in [6.07, 6.45) is 5.43. The van der Waals surface area contributed by atoms with Gasteiger partial charge in [-0.1, -0.05) is 43.2 Å². The van der Waals surface area contributed by atoms with Crippen LogP contribution in [0.15, 0.2) is 35.3 Å². The van der Waals surface area contributed by atoms with Gasteiger partial charge in [-0.2, -0.15) is 0 Å². The van der Waals surface area contributed by atoms with Gasteiger partial charge in [0.1, 0.15) is 0 Å². The van der Waals surface area contributed by atoms with Crippen molar-refractivity contribution in [2.45, 2.75) is 38.0 Å². The maximum atomic E-state index is 12.7. The molecule has 5 heteroatoms. The molecule has 0 spiro atoms. The minimum atomic E-state index is -0.271. The Labute approximate surface area is 157 Å². The lowest BCUT2D eigenvalue weighted by atomic mass is 9.84. The van der Waals surface area contributed by atoms with E-state index in [4.69, 9.17) is 0 Å². The maximum Gasteiger partial charge on any atom is 0.230 e. The molecule has 142 valence electrons. The summed E-state index contributed by atoms with van der Waals surface area (Å²) < 4.78 is 0. The number of nitrogens with zero attached hydrogens (tertiary/aromatic N) is 2. The molecule has 2 unspecified atom stereocenters. The highest BCUT2D eigenvalue weighted by atomic mass is 16.2. The fourth-order valence-corrected chi connectivity index (χ4v) is 4.28. The Balaban J connectivity index is 1.49. The molecule has 2 saturated carbocycles. The van der Waals surface area contributed by atoms with E-state index in [1.807, 2.05) is 14.1 Å². The molecule has 0 saturated heterocycles. The van der Waals surface area contributed by atoms with Gasteiger partial charge in [-0.25, -0.2) is 0 Å². The predicted molar refractivity (Wildman–Crippen MR) is 106 cm³/mol. The van der Waals surface area contributed by atoms with Gasteiger partial charge in [0.2, 0.25) is 5.91 Å². The smallest absolute Gasteiger partial charge is 0.230 e. The number of carbonyl (C=O) groups is 1. The Morgan fingerprint density at radius 1 is 1.19 bits per heavy atom. The number of aliphatic imine (C=N–C) groups is 1. The van der Waals surface area contributed by atoms with Crippen LogP contribution in [-0.2, 0) is 4.79 Å². The van der Waals surface area contributed by atoms with Crippen molar-refractivity contribution in [3.05, 3.63) is 35.9 Å². The van der Waals surface area contributed by atoms with Crippen molar-refractivity contribution >= 4 is 11.9 Å². The molecule has 0 bridgehead atoms. The van der Waals surface area contributed by atoms with Gasteiger partial charge < -0.3 is 15.5 Å². The fourth-order valence-electron chi connectivity index (χ4n) is 4.28. The SMILES string of the molecule is CN=C(NCC1CC1c1ccccc1)NCC1(C(=O)N(C)C)CCCC1. The second-order valence-electron chi connectivity index (χ2n) is 8.01. The second kappa shape index (κ2) is 8.11. The average Bonchev–Trinajstić information content (AvgIpc) is 3.28. The van der Waals surface area contributed by atoms with Gasteiger partial charge in [0, 0.05) is 34.2 Å². The third-order valence-corrected chi connectivity index (χ3v) is 5.92. The van der Waals surface area contributed by atoms with Crippen molar-refractivity contribution < 1.29 is 4.79 Å². The molecule has 2 fully saturated rings. The Kier molecular flexibility index (Phi) is 5.84. The van der Waals surface area contributed by atoms with E-state index in [2.05, 4.69) is 46.0 Å². The van der Waals surface area contributed by atoms with Crippen LogP contribution in [0.2, 0.25) is 0 Å². The summed E-state index contributed by atoms with van der Waals surface area (Å²) in [5.74, 6) is 2.38. The number of hydrogen-bond donors (Lipinski definition) is 2. The molecule has 0 heterocycles. The van der Waals surface area contributed by atoms with E-state index in [0.29, 0.717) is 18.4 Å². The molecule has 26 heavy (non-hydrogen) atoms. The van der Waals surface area contributed by atoms with Crippen molar-refractivity contribution in [2.24, 2.45) is 16.3 Å². The first-order valence-electron chi connectivity index (χ1n) is 9.77. The van der Waals surface area contributed by atoms with Gasteiger partial charge in [-0.05, 0) is 36.7 Å². The van der Waals surface area contributed by atoms with E-state index >= 15 is 0 Å². The Hall–Kier alpha value is -2.04. The van der Waals surface area contributed by atoms with Crippen LogP contribution < -0.4 is 10.6 Å². The number of nitrogens with one attached hydrogen (secondary N) is 2. The van der Waals surface area contributed by atoms with Crippen molar-refractivity contribution in [3.63, 3.8) is 0 Å². The molecular formula is C21H32N4O. The summed E-state index contributed by atoms with van der Waals surface area (Å²) in [4.78, 5) is 18.8. The molecular weight excluding hydrogens is 324 g/mol. The van der Waals surface area contributed by atoms with Gasteiger partial charge >= 0.3 is 0 Å². The van der Waals surface area contributed by atoms with Crippen LogP contribution in [0.25, 0.3) is 0 Å². The Morgan fingerprint density at radius 2 is 1.88 bits per heavy atom. The van der Waals surface area contributed by atoms with Crippen molar-refractivity contribution in [3.8, 4) is 0 Å². The second-order valence-corrected chi connectivity index (χ2v) is 8.01. The number of amides is 1. The van der Waals surface area contributed by atoms with Gasteiger partial charge in [0.25, 0.3) is 0 Å². The molecule has 1 amide bonds. The molecule has 0 aliphatic heterocycles. The van der Waals surface area contributed by atoms with Crippen LogP contribution in [0.3, 0.4) is 0 Å². The summed E-state index contributed by atoms with van der Waals surface area (Å²) in [6, 6.07) is 10.7. The highest BCUT2D eigenvalue weighted by molar-refractivity contribution is 5.85. The number of benzene rings is 1. The predicted octanol–water partition coefficient (Wildman–Crippen LogP) is 2.60. The zero-order valence-corrected chi connectivity index (χ0v) is 16.3. The molecule has 1 aromatic carbocycles. The van der Waals surface area contributed by atoms with Crippen LogP contribution in [-0.4, -0.2) is 51.0 Å². The Bertz CT molecular complexity index is 635. The monoisotopic (exact) mass is 356 g/mol. The summed E-state index contributed by atoms with van der Waals surface area (Å²) in [5.41, 5.74) is 1.16. The normalized spacial score (nSPS) is 24.2. The van der Waals surface area contributed by atoms with Crippen LogP contribution in [0.4, 0.5) is 0 Å². The Morgan fingerprint density at radius 3 is 2.50 bits per heavy atom. The molecule has 2 aliphatic carbocycles. The third kappa shape index (κ3) is 4.19. The van der Waals surface area contributed by atoms with Gasteiger partial charge in [-0.15, -0.1) is 0 Å². The van der Waals surface area contributed by atoms with E-state index in [-0.39, 0.29) is 11.3 Å². The summed E-state index contributed by atoms with van der Waals surface area (Å²) in [6.45, 7) is 1.59. The molecule has 2 aliphatic rings. The van der Waals surface area contributed by atoms with Crippen molar-refractivity contribution in [1.82, 2.24) is 15.5 Å². The van der Waals surface area contributed by atoms with E-state index in [1.54, 1.807) is 11.9 Å². The quantitative estimate of drug-likeness (QED) is 0.608. The first-order chi connectivity index (χ1) is 12.6. The van der Waals surface area contributed by atoms with E-state index in [9.17, 15) is 4.79 Å². The number of carbonyl (C=O) groups excluding carboxylic acids is 1. The van der Waals surface area contributed by atoms with Crippen LogP contribution in [0, 0.1) is 11.3 Å². The molecule has 1 aromatic rings. The van der Waals surface area contributed by atoms with Gasteiger partial charge in [0.15, 0.2) is 5.96 Å². The standard InChI is InChI=1S/C21H32N4O/c1-22-20(23-14-17-13-18(17)16-9-5-4-6-10-16)24-15-21(11-7-8-12-21)19(26)25(2)3/h4-6,9-10,17-18H,7-8,11-15H2,1-3H3,(H2,22,23,24). The summed E-state index contributed by atoms with van der Waals surface area (Å²) in [5, 5.41) is 6.87. The minimum Gasteiger partial charge on any atom is -0.356 e. The van der Waals surface area contributed by atoms with Crippen LogP contribution in [0.1, 0.15) is 43.6 Å². The first-order valence-corrected chi connectivity index (χ1v) is 9.77. The molecule has 0 aromatic heterocycles. The van der Waals surface area contributed by atoms with Crippen molar-refractivity contribution in [2.75, 3.05) is 34.2 Å². The molecule has 2 N–H and O–H groups in total. The summed E-state index contributed by atoms with van der Waals surface area (Å²) in [7, 11) is 5.50. The van der Waals surface area contributed by atoms with Crippen LogP contribution >= 0.6 is 0 Å². The lowest BCUT2D eigenvalue weighted by Crippen LogP contribution is -2.49. The fraction of sp³-hybridized carbons (Fsp3) is 0.619. The van der Waals surface area contributed by atoms with Gasteiger partial charge in [0.05, 0.1) is 5.41 Å². The molecule has 2 atom stereocenters. The number of rotatable bonds is 6. The zero-order chi connectivity index (χ0) is 18.6. The lowest BCUT2D eigenvalue weighted by Gasteiger charge is -2.31. The maximum absolute atomic E-state index is 12.7. The third-order valence-electron chi connectivity index (χ3n) is 5.92. The number of hydrogen-bond acceptors (Lipinski definition) is 2. The number of guanidine groups is 1. The molecule has 3 rings (SSSR count).